The molecular formula is C29H27ClF5N3O4. The molecule has 5 rings (SSSR count). The quantitative estimate of drug-likeness (QED) is 0.376. The maximum absolute atomic E-state index is 13.7. The van der Waals surface area contributed by atoms with Crippen molar-refractivity contribution in [2.75, 3.05) is 11.4 Å². The maximum atomic E-state index is 13.7. The minimum absolute atomic E-state index is 0.0106. The van der Waals surface area contributed by atoms with E-state index in [0.29, 0.717) is 31.4 Å². The highest BCUT2D eigenvalue weighted by molar-refractivity contribution is 6.30. The fraction of sp³-hybridized carbons (Fsp3) is 0.414. The van der Waals surface area contributed by atoms with E-state index in [1.165, 1.54) is 23.1 Å². The van der Waals surface area contributed by atoms with Crippen molar-refractivity contribution in [3.8, 4) is 0 Å². The summed E-state index contributed by atoms with van der Waals surface area (Å²) in [5.41, 5.74) is -2.22. The highest BCUT2D eigenvalue weighted by Gasteiger charge is 2.53. The van der Waals surface area contributed by atoms with E-state index >= 15 is 0 Å². The fourth-order valence-electron chi connectivity index (χ4n) is 5.91. The lowest BCUT2D eigenvalue weighted by atomic mass is 9.82. The second kappa shape index (κ2) is 11.7. The van der Waals surface area contributed by atoms with Crippen LogP contribution in [0.25, 0.3) is 0 Å². The molecular weight excluding hydrogens is 585 g/mol. The number of benzene rings is 1. The van der Waals surface area contributed by atoms with Gasteiger partial charge in [-0.05, 0) is 49.3 Å². The Kier molecular flexibility index (Phi) is 8.41. The minimum Gasteiger partial charge on any atom is -0.372 e. The van der Waals surface area contributed by atoms with Gasteiger partial charge in [-0.25, -0.2) is 8.78 Å². The van der Waals surface area contributed by atoms with E-state index in [1.807, 2.05) is 0 Å². The first kappa shape index (κ1) is 30.1. The van der Waals surface area contributed by atoms with Crippen LogP contribution in [0.2, 0.25) is 5.02 Å². The van der Waals surface area contributed by atoms with Gasteiger partial charge in [-0.3, -0.25) is 19.3 Å². The number of aromatic nitrogens is 1. The van der Waals surface area contributed by atoms with E-state index in [-0.39, 0.29) is 46.6 Å². The largest absolute Gasteiger partial charge is 0.523 e. The van der Waals surface area contributed by atoms with Crippen molar-refractivity contribution < 1.29 is 41.4 Å². The van der Waals surface area contributed by atoms with Crippen LogP contribution in [-0.2, 0) is 15.1 Å². The Labute approximate surface area is 243 Å². The third-order valence-electron chi connectivity index (χ3n) is 7.89. The van der Waals surface area contributed by atoms with E-state index in [0.717, 1.165) is 12.3 Å². The molecule has 2 aliphatic carbocycles. The van der Waals surface area contributed by atoms with Crippen molar-refractivity contribution in [2.45, 2.75) is 62.6 Å². The maximum Gasteiger partial charge on any atom is 0.523 e. The predicted molar refractivity (Wildman–Crippen MR) is 143 cm³/mol. The molecule has 224 valence electrons. The number of nitrogens with zero attached hydrogens (tertiary/aromatic N) is 2. The first-order chi connectivity index (χ1) is 19.9. The Morgan fingerprint density at radius 2 is 1.93 bits per heavy atom. The number of halogens is 6. The smallest absolute Gasteiger partial charge is 0.372 e. The molecule has 0 saturated heterocycles. The number of fused-ring (bicyclic) bond motifs is 1. The first-order valence-corrected chi connectivity index (χ1v) is 13.7. The summed E-state index contributed by atoms with van der Waals surface area (Å²) in [4.78, 5) is 31.5. The highest BCUT2D eigenvalue weighted by atomic mass is 35.5. The number of hydrogen-bond acceptors (Lipinski definition) is 5. The SMILES string of the molecule is O=C(N[C@H]1CC[C@H](CN2C(=O)C(O)(C3=CC=CC(OC(F)(F)F)C3)c3ccccc32)CC1)c1cc(Cl)cnc1C(F)F. The molecule has 2 atom stereocenters. The molecule has 1 saturated carbocycles. The number of ether oxygens (including phenoxy) is 1. The first-order valence-electron chi connectivity index (χ1n) is 13.4. The van der Waals surface area contributed by atoms with Crippen LogP contribution in [-0.4, -0.2) is 47.0 Å². The molecule has 2 amide bonds. The molecule has 13 heteroatoms. The van der Waals surface area contributed by atoms with Crippen LogP contribution >= 0.6 is 11.6 Å². The average Bonchev–Trinajstić information content (AvgIpc) is 3.16. The highest BCUT2D eigenvalue weighted by Crippen LogP contribution is 2.47. The number of anilines is 1. The normalized spacial score (nSPS) is 25.9. The lowest BCUT2D eigenvalue weighted by molar-refractivity contribution is -0.336. The molecule has 0 spiro atoms. The van der Waals surface area contributed by atoms with E-state index in [4.69, 9.17) is 11.6 Å². The molecule has 2 N–H and O–H groups in total. The van der Waals surface area contributed by atoms with Crippen molar-refractivity contribution in [1.29, 1.82) is 0 Å². The van der Waals surface area contributed by atoms with Gasteiger partial charge in [-0.15, -0.1) is 13.2 Å². The summed E-state index contributed by atoms with van der Waals surface area (Å²) in [5, 5.41) is 14.6. The number of carbonyl (C=O) groups excluding carboxylic acids is 2. The van der Waals surface area contributed by atoms with E-state index in [1.54, 1.807) is 24.3 Å². The molecule has 0 radical (unpaired) electrons. The Morgan fingerprint density at radius 1 is 1.21 bits per heavy atom. The van der Waals surface area contributed by atoms with Crippen molar-refractivity contribution in [1.82, 2.24) is 10.3 Å². The van der Waals surface area contributed by atoms with Gasteiger partial charge in [0.2, 0.25) is 0 Å². The summed E-state index contributed by atoms with van der Waals surface area (Å²) in [6.07, 6.45) is -2.23. The van der Waals surface area contributed by atoms with Gasteiger partial charge in [0.1, 0.15) is 5.69 Å². The van der Waals surface area contributed by atoms with Crippen molar-refractivity contribution in [3.05, 3.63) is 82.2 Å². The minimum atomic E-state index is -4.88. The average molecular weight is 612 g/mol. The van der Waals surface area contributed by atoms with Crippen LogP contribution in [0, 0.1) is 5.92 Å². The molecule has 2 unspecified atom stereocenters. The van der Waals surface area contributed by atoms with E-state index < -0.39 is 42.0 Å². The summed E-state index contributed by atoms with van der Waals surface area (Å²) < 4.78 is 69.4. The topological polar surface area (TPSA) is 91.8 Å². The van der Waals surface area contributed by atoms with Gasteiger partial charge in [0.15, 0.2) is 5.60 Å². The van der Waals surface area contributed by atoms with Gasteiger partial charge < -0.3 is 15.3 Å². The second-order valence-electron chi connectivity index (χ2n) is 10.6. The zero-order valence-corrected chi connectivity index (χ0v) is 22.8. The number of rotatable bonds is 7. The number of amides is 2. The molecule has 0 bridgehead atoms. The van der Waals surface area contributed by atoms with Crippen LogP contribution in [0.3, 0.4) is 0 Å². The van der Waals surface area contributed by atoms with Crippen molar-refractivity contribution >= 4 is 29.1 Å². The fourth-order valence-corrected chi connectivity index (χ4v) is 6.07. The third kappa shape index (κ3) is 6.06. The zero-order chi connectivity index (χ0) is 30.2. The number of allylic oxidation sites excluding steroid dienone is 2. The van der Waals surface area contributed by atoms with Crippen LogP contribution in [0.5, 0.6) is 0 Å². The molecule has 42 heavy (non-hydrogen) atoms. The second-order valence-corrected chi connectivity index (χ2v) is 11.0. The molecule has 1 fully saturated rings. The number of para-hydroxylation sites is 1. The van der Waals surface area contributed by atoms with Gasteiger partial charge in [-0.1, -0.05) is 48.0 Å². The number of carbonyl (C=O) groups is 2. The summed E-state index contributed by atoms with van der Waals surface area (Å²) >= 11 is 5.86. The van der Waals surface area contributed by atoms with Gasteiger partial charge in [0.25, 0.3) is 18.2 Å². The number of pyridine rings is 1. The third-order valence-corrected chi connectivity index (χ3v) is 8.10. The molecule has 3 aliphatic rings. The monoisotopic (exact) mass is 611 g/mol. The van der Waals surface area contributed by atoms with Gasteiger partial charge in [0, 0.05) is 30.8 Å². The van der Waals surface area contributed by atoms with E-state index in [2.05, 4.69) is 15.0 Å². The standard InChI is InChI=1S/C29H27ClF5N3O4/c30-18-13-21(24(25(31)32)36-14-18)26(39)37-19-10-8-16(9-11-19)15-38-23-7-2-1-6-22(23)28(41,27(38)40)17-4-3-5-20(12-17)42-29(33,34)35/h1-7,13-14,16,19-20,25,41H,8-12,15H2,(H,37,39)/t16-,19-,20?,28?. The molecule has 7 nitrogen and oxygen atoms in total. The van der Waals surface area contributed by atoms with Gasteiger partial charge in [0.05, 0.1) is 22.4 Å². The van der Waals surface area contributed by atoms with Crippen LogP contribution in [0.4, 0.5) is 27.6 Å². The summed E-state index contributed by atoms with van der Waals surface area (Å²) in [7, 11) is 0. The predicted octanol–water partition coefficient (Wildman–Crippen LogP) is 5.99. The molecule has 1 aliphatic heterocycles. The molecule has 1 aromatic heterocycles. The van der Waals surface area contributed by atoms with Gasteiger partial charge >= 0.3 is 6.36 Å². The number of nitrogens with one attached hydrogen (secondary N) is 1. The number of aliphatic hydroxyl groups is 1. The van der Waals surface area contributed by atoms with Crippen LogP contribution < -0.4 is 10.2 Å². The van der Waals surface area contributed by atoms with E-state index in [9.17, 15) is 36.6 Å². The Balaban J connectivity index is 1.25. The Bertz CT molecular complexity index is 1420. The van der Waals surface area contributed by atoms with Crippen LogP contribution in [0.15, 0.2) is 60.3 Å². The molecule has 2 aromatic rings. The summed E-state index contributed by atoms with van der Waals surface area (Å²) in [6.45, 7) is 0.248. The summed E-state index contributed by atoms with van der Waals surface area (Å²) in [6, 6.07) is 7.48. The lowest BCUT2D eigenvalue weighted by Crippen LogP contribution is -2.45. The summed E-state index contributed by atoms with van der Waals surface area (Å²) in [5.74, 6) is -1.36. The Morgan fingerprint density at radius 3 is 2.62 bits per heavy atom. The van der Waals surface area contributed by atoms with Crippen molar-refractivity contribution in [2.24, 2.45) is 5.92 Å². The molecule has 2 heterocycles. The van der Waals surface area contributed by atoms with Crippen LogP contribution in [0.1, 0.15) is 60.1 Å². The number of hydrogen-bond donors (Lipinski definition) is 2. The van der Waals surface area contributed by atoms with Gasteiger partial charge in [-0.2, -0.15) is 0 Å². The number of alkyl halides is 5. The molecule has 1 aromatic carbocycles. The Hall–Kier alpha value is -3.35. The zero-order valence-electron chi connectivity index (χ0n) is 22.1. The lowest BCUT2D eigenvalue weighted by Gasteiger charge is -2.33. The van der Waals surface area contributed by atoms with Crippen molar-refractivity contribution in [3.63, 3.8) is 0 Å².